The number of nitrogens with zero attached hydrogens (tertiary/aromatic N) is 2. The number of nitrogens with one attached hydrogen (secondary N) is 2. The van der Waals surface area contributed by atoms with Crippen molar-refractivity contribution in [1.29, 1.82) is 0 Å². The summed E-state index contributed by atoms with van der Waals surface area (Å²) in [5.74, 6) is 0.917. The van der Waals surface area contributed by atoms with Crippen molar-refractivity contribution in [3.8, 4) is 11.5 Å². The molecule has 1 saturated heterocycles. The van der Waals surface area contributed by atoms with E-state index in [9.17, 15) is 9.59 Å². The molecule has 0 aliphatic carbocycles. The van der Waals surface area contributed by atoms with Crippen molar-refractivity contribution in [1.82, 2.24) is 20.4 Å². The first-order valence-corrected chi connectivity index (χ1v) is 11.8. The van der Waals surface area contributed by atoms with E-state index >= 15 is 0 Å². The van der Waals surface area contributed by atoms with E-state index in [0.717, 1.165) is 38.2 Å². The van der Waals surface area contributed by atoms with Crippen molar-refractivity contribution >= 4 is 12.0 Å². The molecule has 0 saturated carbocycles. The van der Waals surface area contributed by atoms with Gasteiger partial charge in [0.05, 0.1) is 18.2 Å². The van der Waals surface area contributed by atoms with Gasteiger partial charge in [0.15, 0.2) is 0 Å². The standard InChI is InChI=1S/C26H32N4O4/c1-3-33-25(31)23-22(18-30-15-8-13-27-14-16-30)29(2)26(32)28-24(23)19-9-7-12-21(17-19)34-20-10-5-4-6-11-20/h4-7,9-12,17,24,27H,3,8,13-16,18H2,1-2H3,(H,28,32). The molecule has 0 aromatic heterocycles. The zero-order valence-corrected chi connectivity index (χ0v) is 19.8. The lowest BCUT2D eigenvalue weighted by atomic mass is 9.94. The predicted molar refractivity (Wildman–Crippen MR) is 130 cm³/mol. The van der Waals surface area contributed by atoms with Gasteiger partial charge in [-0.1, -0.05) is 30.3 Å². The molecule has 2 amide bonds. The Balaban J connectivity index is 1.70. The van der Waals surface area contributed by atoms with Crippen molar-refractivity contribution in [3.05, 3.63) is 71.4 Å². The number of ether oxygens (including phenoxy) is 2. The van der Waals surface area contributed by atoms with Crippen LogP contribution in [-0.4, -0.2) is 68.2 Å². The topological polar surface area (TPSA) is 83.1 Å². The van der Waals surface area contributed by atoms with Crippen molar-refractivity contribution in [3.63, 3.8) is 0 Å². The quantitative estimate of drug-likeness (QED) is 0.612. The molecular weight excluding hydrogens is 432 g/mol. The van der Waals surface area contributed by atoms with Crippen LogP contribution in [0.25, 0.3) is 0 Å². The average Bonchev–Trinajstić information content (AvgIpc) is 3.11. The molecule has 8 nitrogen and oxygen atoms in total. The highest BCUT2D eigenvalue weighted by Crippen LogP contribution is 2.33. The summed E-state index contributed by atoms with van der Waals surface area (Å²) in [4.78, 5) is 30.0. The minimum absolute atomic E-state index is 0.254. The minimum atomic E-state index is -0.637. The number of esters is 1. The van der Waals surface area contributed by atoms with E-state index in [4.69, 9.17) is 9.47 Å². The monoisotopic (exact) mass is 464 g/mol. The number of rotatable bonds is 7. The van der Waals surface area contributed by atoms with Crippen LogP contribution in [0.15, 0.2) is 65.9 Å². The number of benzene rings is 2. The van der Waals surface area contributed by atoms with Crippen LogP contribution in [0.1, 0.15) is 24.9 Å². The van der Waals surface area contributed by atoms with Gasteiger partial charge >= 0.3 is 12.0 Å². The Morgan fingerprint density at radius 3 is 2.65 bits per heavy atom. The number of para-hydroxylation sites is 1. The molecule has 2 N–H and O–H groups in total. The third-order valence-electron chi connectivity index (χ3n) is 6.05. The van der Waals surface area contributed by atoms with E-state index in [1.807, 2.05) is 54.6 Å². The molecule has 1 unspecified atom stereocenters. The summed E-state index contributed by atoms with van der Waals surface area (Å²) in [7, 11) is 1.70. The van der Waals surface area contributed by atoms with Gasteiger partial charge in [-0.05, 0) is 56.3 Å². The fraction of sp³-hybridized carbons (Fsp3) is 0.385. The average molecular weight is 465 g/mol. The summed E-state index contributed by atoms with van der Waals surface area (Å²) >= 11 is 0. The van der Waals surface area contributed by atoms with Crippen molar-refractivity contribution < 1.29 is 19.1 Å². The second-order valence-electron chi connectivity index (χ2n) is 8.39. The van der Waals surface area contributed by atoms with Crippen LogP contribution in [0.2, 0.25) is 0 Å². The number of likely N-dealkylation sites (N-methyl/N-ethyl adjacent to an activating group) is 1. The highest BCUT2D eigenvalue weighted by Gasteiger charge is 2.37. The first-order chi connectivity index (χ1) is 16.6. The van der Waals surface area contributed by atoms with Crippen LogP contribution in [0.5, 0.6) is 11.5 Å². The second kappa shape index (κ2) is 11.2. The summed E-state index contributed by atoms with van der Waals surface area (Å²) in [6.45, 7) is 6.12. The minimum Gasteiger partial charge on any atom is -0.463 e. The third kappa shape index (κ3) is 5.58. The van der Waals surface area contributed by atoms with E-state index in [-0.39, 0.29) is 12.6 Å². The van der Waals surface area contributed by atoms with E-state index in [0.29, 0.717) is 29.3 Å². The second-order valence-corrected chi connectivity index (χ2v) is 8.39. The van der Waals surface area contributed by atoms with Gasteiger partial charge in [0.2, 0.25) is 0 Å². The molecule has 0 radical (unpaired) electrons. The highest BCUT2D eigenvalue weighted by molar-refractivity contribution is 5.95. The first-order valence-electron chi connectivity index (χ1n) is 11.8. The number of hydrogen-bond acceptors (Lipinski definition) is 6. The Kier molecular flexibility index (Phi) is 7.82. The molecule has 180 valence electrons. The van der Waals surface area contributed by atoms with Crippen molar-refractivity contribution in [2.75, 3.05) is 46.4 Å². The lowest BCUT2D eigenvalue weighted by molar-refractivity contribution is -0.139. The molecular formula is C26H32N4O4. The Morgan fingerprint density at radius 1 is 1.06 bits per heavy atom. The molecule has 0 bridgehead atoms. The molecule has 2 heterocycles. The summed E-state index contributed by atoms with van der Waals surface area (Å²) in [5, 5.41) is 6.38. The fourth-order valence-corrected chi connectivity index (χ4v) is 4.30. The van der Waals surface area contributed by atoms with Crippen LogP contribution in [0.4, 0.5) is 4.79 Å². The SMILES string of the molecule is CCOC(=O)C1=C(CN2CCCNCC2)N(C)C(=O)NC1c1cccc(Oc2ccccc2)c1. The van der Waals surface area contributed by atoms with Crippen LogP contribution in [0.3, 0.4) is 0 Å². The van der Waals surface area contributed by atoms with Crippen LogP contribution < -0.4 is 15.4 Å². The molecule has 2 aliphatic heterocycles. The molecule has 2 aromatic carbocycles. The van der Waals surface area contributed by atoms with E-state index in [1.54, 1.807) is 14.0 Å². The lowest BCUT2D eigenvalue weighted by Gasteiger charge is -2.36. The predicted octanol–water partition coefficient (Wildman–Crippen LogP) is 3.29. The van der Waals surface area contributed by atoms with Gasteiger partial charge in [0.25, 0.3) is 0 Å². The largest absolute Gasteiger partial charge is 0.463 e. The third-order valence-corrected chi connectivity index (χ3v) is 6.05. The normalized spacial score (nSPS) is 19.4. The van der Waals surface area contributed by atoms with E-state index in [1.165, 1.54) is 4.90 Å². The number of carbonyl (C=O) groups is 2. The van der Waals surface area contributed by atoms with Gasteiger partial charge in [0, 0.05) is 32.4 Å². The summed E-state index contributed by atoms with van der Waals surface area (Å²) < 4.78 is 11.4. The Bertz CT molecular complexity index is 1030. The van der Waals surface area contributed by atoms with Gasteiger partial charge in [-0.2, -0.15) is 0 Å². The molecule has 34 heavy (non-hydrogen) atoms. The summed E-state index contributed by atoms with van der Waals surface area (Å²) in [6.07, 6.45) is 1.01. The number of amides is 2. The number of urea groups is 1. The maximum atomic E-state index is 13.2. The molecule has 4 rings (SSSR count). The van der Waals surface area contributed by atoms with Gasteiger partial charge in [-0.25, -0.2) is 9.59 Å². The maximum absolute atomic E-state index is 13.2. The van der Waals surface area contributed by atoms with E-state index in [2.05, 4.69) is 15.5 Å². The zero-order chi connectivity index (χ0) is 23.9. The van der Waals surface area contributed by atoms with Gasteiger partial charge < -0.3 is 20.1 Å². The summed E-state index contributed by atoms with van der Waals surface area (Å²) in [6, 6.07) is 16.1. The van der Waals surface area contributed by atoms with Gasteiger partial charge in [-0.3, -0.25) is 9.80 Å². The Morgan fingerprint density at radius 2 is 1.85 bits per heavy atom. The maximum Gasteiger partial charge on any atom is 0.338 e. The molecule has 1 fully saturated rings. The number of carbonyl (C=O) groups excluding carboxylic acids is 2. The first kappa shape index (κ1) is 23.8. The molecule has 1 atom stereocenters. The fourth-order valence-electron chi connectivity index (χ4n) is 4.30. The molecule has 2 aromatic rings. The molecule has 0 spiro atoms. The van der Waals surface area contributed by atoms with Crippen molar-refractivity contribution in [2.45, 2.75) is 19.4 Å². The van der Waals surface area contributed by atoms with E-state index < -0.39 is 12.0 Å². The zero-order valence-electron chi connectivity index (χ0n) is 19.8. The van der Waals surface area contributed by atoms with Crippen LogP contribution >= 0.6 is 0 Å². The Hall–Kier alpha value is -3.36. The molecule has 8 heteroatoms. The van der Waals surface area contributed by atoms with Crippen molar-refractivity contribution in [2.24, 2.45) is 0 Å². The highest BCUT2D eigenvalue weighted by atomic mass is 16.5. The number of hydrogen-bond donors (Lipinski definition) is 2. The van der Waals surface area contributed by atoms with Crippen LogP contribution in [-0.2, 0) is 9.53 Å². The summed E-state index contributed by atoms with van der Waals surface area (Å²) in [5.41, 5.74) is 1.88. The van der Waals surface area contributed by atoms with Gasteiger partial charge in [0.1, 0.15) is 11.5 Å². The molecule has 2 aliphatic rings. The smallest absolute Gasteiger partial charge is 0.338 e. The Labute approximate surface area is 200 Å². The van der Waals surface area contributed by atoms with Gasteiger partial charge in [-0.15, -0.1) is 0 Å². The lowest BCUT2D eigenvalue weighted by Crippen LogP contribution is -2.49. The van der Waals surface area contributed by atoms with Crippen LogP contribution in [0, 0.1) is 0 Å².